The number of hydrogen-bond acceptors (Lipinski definition) is 0. The van der Waals surface area contributed by atoms with Crippen LogP contribution in [0.5, 0.6) is 0 Å². The van der Waals surface area contributed by atoms with Crippen LogP contribution in [0.3, 0.4) is 0 Å². The summed E-state index contributed by atoms with van der Waals surface area (Å²) in [6.45, 7) is 7.61. The summed E-state index contributed by atoms with van der Waals surface area (Å²) in [7, 11) is -0.527. The number of hydrogen-bond donors (Lipinski definition) is 0. The van der Waals surface area contributed by atoms with Crippen molar-refractivity contribution in [2.24, 2.45) is 0 Å². The van der Waals surface area contributed by atoms with Gasteiger partial charge in [0.1, 0.15) is 0 Å². The van der Waals surface area contributed by atoms with E-state index in [1.54, 1.807) is 0 Å². The van der Waals surface area contributed by atoms with Crippen molar-refractivity contribution in [2.45, 2.75) is 25.6 Å². The topological polar surface area (TPSA) is 0 Å². The van der Waals surface area contributed by atoms with Crippen LogP contribution in [0.4, 0.5) is 4.39 Å². The second kappa shape index (κ2) is 3.84. The molecule has 0 aromatic carbocycles. The Balaban J connectivity index is 3.05. The molecule has 0 rings (SSSR count). The molecule has 0 aromatic heterocycles. The molecular formula is C6H13FSi. The first-order valence-corrected chi connectivity index (χ1v) is 6.08. The summed E-state index contributed by atoms with van der Waals surface area (Å²) in [4.78, 5) is 0. The van der Waals surface area contributed by atoms with Gasteiger partial charge in [0.2, 0.25) is 0 Å². The number of rotatable bonds is 3. The van der Waals surface area contributed by atoms with Gasteiger partial charge in [-0.15, -0.1) is 0 Å². The van der Waals surface area contributed by atoms with Crippen LogP contribution in [0.25, 0.3) is 0 Å². The third kappa shape index (κ3) is 5.89. The van der Waals surface area contributed by atoms with Crippen molar-refractivity contribution in [3.63, 3.8) is 0 Å². The molecule has 0 bridgehead atoms. The average molecular weight is 132 g/mol. The molecule has 0 saturated heterocycles. The molecule has 2 heteroatoms. The summed E-state index contributed by atoms with van der Waals surface area (Å²) >= 11 is 0. The Labute approximate surface area is 52.0 Å². The Morgan fingerprint density at radius 3 is 2.25 bits per heavy atom. The molecule has 0 nitrogen and oxygen atoms in total. The minimum Gasteiger partial charge on any atom is -0.213 e. The maximum atomic E-state index is 11.9. The van der Waals surface area contributed by atoms with E-state index in [4.69, 9.17) is 0 Å². The zero-order valence-corrected chi connectivity index (χ0v) is 6.73. The van der Waals surface area contributed by atoms with Gasteiger partial charge >= 0.3 is 0 Å². The lowest BCUT2D eigenvalue weighted by atomic mass is 10.5. The first-order valence-electron chi connectivity index (χ1n) is 2.96. The summed E-state index contributed by atoms with van der Waals surface area (Å²) in [6.07, 6.45) is 0.587. The molecule has 0 radical (unpaired) electrons. The first-order chi connectivity index (χ1) is 3.63. The second-order valence-electron chi connectivity index (χ2n) is 2.45. The molecule has 0 aromatic rings. The summed E-state index contributed by atoms with van der Waals surface area (Å²) in [5.41, 5.74) is 0. The molecule has 0 aliphatic rings. The number of halogens is 1. The quantitative estimate of drug-likeness (QED) is 0.517. The van der Waals surface area contributed by atoms with Crippen LogP contribution in [0.2, 0.25) is 19.1 Å². The monoisotopic (exact) mass is 132 g/mol. The molecule has 0 unspecified atom stereocenters. The zero-order valence-electron chi connectivity index (χ0n) is 5.58. The van der Waals surface area contributed by atoms with Crippen molar-refractivity contribution < 1.29 is 4.39 Å². The highest BCUT2D eigenvalue weighted by atomic mass is 28.3. The van der Waals surface area contributed by atoms with E-state index in [0.29, 0.717) is 6.42 Å². The largest absolute Gasteiger partial charge is 0.213 e. The fraction of sp³-hybridized carbons (Fsp3) is 0.667. The lowest BCUT2D eigenvalue weighted by molar-refractivity contribution is 0.608. The van der Waals surface area contributed by atoms with Gasteiger partial charge in [-0.05, 0) is 6.42 Å². The normalized spacial score (nSPS) is 10.0. The fourth-order valence-electron chi connectivity index (χ4n) is 0.445. The van der Waals surface area contributed by atoms with Gasteiger partial charge in [-0.25, -0.2) is 4.39 Å². The van der Waals surface area contributed by atoms with Crippen molar-refractivity contribution in [3.05, 3.63) is 12.4 Å². The fourth-order valence-corrected chi connectivity index (χ4v) is 1.34. The van der Waals surface area contributed by atoms with E-state index in [0.717, 1.165) is 6.04 Å². The van der Waals surface area contributed by atoms with Gasteiger partial charge in [0.15, 0.2) is 0 Å². The Hall–Kier alpha value is -0.113. The standard InChI is InChI=1S/C6H13FSi/c1-6(7)4-5-8(2)3/h8H,1,4-5H2,2-3H3. The average Bonchev–Trinajstić information content (AvgIpc) is 1.61. The zero-order chi connectivity index (χ0) is 6.57. The smallest absolute Gasteiger partial charge is 0.0925 e. The lowest BCUT2D eigenvalue weighted by Gasteiger charge is -1.97. The van der Waals surface area contributed by atoms with Gasteiger partial charge in [0.05, 0.1) is 5.83 Å². The van der Waals surface area contributed by atoms with Crippen molar-refractivity contribution >= 4 is 8.80 Å². The molecule has 48 valence electrons. The molecule has 0 aliphatic carbocycles. The molecule has 0 aliphatic heterocycles. The second-order valence-corrected chi connectivity index (χ2v) is 5.81. The van der Waals surface area contributed by atoms with E-state index in [1.807, 2.05) is 0 Å². The molecule has 0 spiro atoms. The van der Waals surface area contributed by atoms with Crippen LogP contribution in [-0.4, -0.2) is 8.80 Å². The van der Waals surface area contributed by atoms with Gasteiger partial charge in [-0.3, -0.25) is 0 Å². The maximum Gasteiger partial charge on any atom is 0.0925 e. The van der Waals surface area contributed by atoms with Gasteiger partial charge in [0, 0.05) is 8.80 Å². The van der Waals surface area contributed by atoms with Crippen molar-refractivity contribution in [3.8, 4) is 0 Å². The van der Waals surface area contributed by atoms with Gasteiger partial charge in [-0.2, -0.15) is 0 Å². The highest BCUT2D eigenvalue weighted by Crippen LogP contribution is 2.05. The SMILES string of the molecule is C=C(F)CC[SiH](C)C. The van der Waals surface area contributed by atoms with Gasteiger partial charge in [0.25, 0.3) is 0 Å². The molecular weight excluding hydrogens is 119 g/mol. The maximum absolute atomic E-state index is 11.9. The summed E-state index contributed by atoms with van der Waals surface area (Å²) in [5, 5.41) is 0. The molecule has 0 heterocycles. The van der Waals surface area contributed by atoms with E-state index < -0.39 is 8.80 Å². The van der Waals surface area contributed by atoms with Gasteiger partial charge in [-0.1, -0.05) is 25.7 Å². The molecule has 8 heavy (non-hydrogen) atoms. The number of allylic oxidation sites excluding steroid dienone is 1. The molecule has 0 atom stereocenters. The Kier molecular flexibility index (Phi) is 3.78. The van der Waals surface area contributed by atoms with Crippen LogP contribution in [0.1, 0.15) is 6.42 Å². The molecule has 0 N–H and O–H groups in total. The van der Waals surface area contributed by atoms with E-state index in [-0.39, 0.29) is 5.83 Å². The van der Waals surface area contributed by atoms with Crippen LogP contribution >= 0.6 is 0 Å². The minimum absolute atomic E-state index is 0.161. The molecule has 0 saturated carbocycles. The van der Waals surface area contributed by atoms with Crippen LogP contribution in [0, 0.1) is 0 Å². The third-order valence-corrected chi connectivity index (χ3v) is 2.44. The summed E-state index contributed by atoms with van der Waals surface area (Å²) < 4.78 is 11.9. The predicted octanol–water partition coefficient (Wildman–Crippen LogP) is 2.35. The Morgan fingerprint density at radius 2 is 2.12 bits per heavy atom. The van der Waals surface area contributed by atoms with E-state index in [2.05, 4.69) is 19.7 Å². The van der Waals surface area contributed by atoms with Crippen LogP contribution in [0.15, 0.2) is 12.4 Å². The van der Waals surface area contributed by atoms with E-state index in [9.17, 15) is 4.39 Å². The van der Waals surface area contributed by atoms with E-state index in [1.165, 1.54) is 0 Å². The highest BCUT2D eigenvalue weighted by Gasteiger charge is 1.95. The van der Waals surface area contributed by atoms with Crippen molar-refractivity contribution in [1.82, 2.24) is 0 Å². The van der Waals surface area contributed by atoms with E-state index >= 15 is 0 Å². The molecule has 0 fully saturated rings. The predicted molar refractivity (Wildman–Crippen MR) is 38.5 cm³/mol. The first kappa shape index (κ1) is 7.89. The lowest BCUT2D eigenvalue weighted by Crippen LogP contribution is -1.97. The Bertz CT molecular complexity index is 78.6. The van der Waals surface area contributed by atoms with Crippen molar-refractivity contribution in [1.29, 1.82) is 0 Å². The highest BCUT2D eigenvalue weighted by molar-refractivity contribution is 6.55. The summed E-state index contributed by atoms with van der Waals surface area (Å²) in [6, 6.07) is 1.05. The summed E-state index contributed by atoms with van der Waals surface area (Å²) in [5.74, 6) is -0.161. The minimum atomic E-state index is -0.527. The van der Waals surface area contributed by atoms with Gasteiger partial charge < -0.3 is 0 Å². The van der Waals surface area contributed by atoms with Crippen molar-refractivity contribution in [2.75, 3.05) is 0 Å². The third-order valence-electron chi connectivity index (χ3n) is 0.993. The molecule has 0 amide bonds. The Morgan fingerprint density at radius 1 is 1.62 bits per heavy atom. The van der Waals surface area contributed by atoms with Crippen LogP contribution in [-0.2, 0) is 0 Å². The van der Waals surface area contributed by atoms with Crippen LogP contribution < -0.4 is 0 Å².